The molecular weight excluding hydrogens is 269 g/mol. The van der Waals surface area contributed by atoms with Crippen molar-refractivity contribution in [3.05, 3.63) is 74.8 Å². The van der Waals surface area contributed by atoms with Crippen LogP contribution >= 0.6 is 0 Å². The van der Waals surface area contributed by atoms with E-state index in [1.54, 1.807) is 18.2 Å². The van der Waals surface area contributed by atoms with E-state index in [0.717, 1.165) is 0 Å². The molecule has 0 saturated carbocycles. The maximum Gasteiger partial charge on any atom is 0.281 e. The Morgan fingerprint density at radius 2 is 1.35 bits per heavy atom. The topological polar surface area (TPSA) is 77.3 Å². The van der Waals surface area contributed by atoms with E-state index in [1.165, 1.54) is 24.3 Å². The number of hydrogen-bond acceptors (Lipinski definition) is 4. The van der Waals surface area contributed by atoms with Crippen LogP contribution in [0, 0.1) is 10.1 Å². The smallest absolute Gasteiger partial charge is 0.281 e. The summed E-state index contributed by atoms with van der Waals surface area (Å²) >= 11 is 0. The first-order chi connectivity index (χ1) is 9.11. The molecule has 0 saturated heterocycles. The molecule has 20 heavy (non-hydrogen) atoms. The van der Waals surface area contributed by atoms with E-state index in [0.29, 0.717) is 5.56 Å². The van der Waals surface area contributed by atoms with E-state index in [2.05, 4.69) is 0 Å². The van der Waals surface area contributed by atoms with Crippen molar-refractivity contribution in [1.82, 2.24) is 0 Å². The number of benzene rings is 2. The normalized spacial score (nSPS) is 12.2. The molecule has 0 aliphatic heterocycles. The zero-order valence-corrected chi connectivity index (χ0v) is 12.6. The Hall–Kier alpha value is -1.82. The van der Waals surface area contributed by atoms with E-state index >= 15 is 0 Å². The quantitative estimate of drug-likeness (QED) is 0.387. The molecule has 5 nitrogen and oxygen atoms in total. The maximum absolute atomic E-state index is 12.3. The largest absolute Gasteiger partial charge is 0.289 e. The van der Waals surface area contributed by atoms with Gasteiger partial charge in [-0.2, -0.15) is 0 Å². The fourth-order valence-corrected chi connectivity index (χ4v) is 2.28. The molecule has 0 atom stereocenters. The van der Waals surface area contributed by atoms with Gasteiger partial charge in [0.25, 0.3) is 5.69 Å². The molecule has 0 spiro atoms. The maximum atomic E-state index is 12.3. The van der Waals surface area contributed by atoms with Crippen LogP contribution in [0.1, 0.15) is 31.8 Å². The first-order valence-electron chi connectivity index (χ1n) is 5.57. The first kappa shape index (κ1) is 14.6. The van der Waals surface area contributed by atoms with Crippen LogP contribution in [-0.2, 0) is 0 Å². The molecule has 1 aliphatic rings. The molecule has 0 fully saturated rings. The minimum absolute atomic E-state index is 0. The number of hydrogen-bond donors (Lipinski definition) is 0. The summed E-state index contributed by atoms with van der Waals surface area (Å²) in [5, 5.41) is 11.0. The number of nitrogens with zero attached hydrogens (tertiary/aromatic N) is 1. The Kier molecular flexibility index (Phi) is 3.85. The van der Waals surface area contributed by atoms with Gasteiger partial charge >= 0.3 is 0 Å². The van der Waals surface area contributed by atoms with Crippen molar-refractivity contribution < 1.29 is 14.5 Å². The summed E-state index contributed by atoms with van der Waals surface area (Å²) < 4.78 is 0. The minimum Gasteiger partial charge on any atom is -0.289 e. The van der Waals surface area contributed by atoms with E-state index in [-0.39, 0.29) is 57.7 Å². The van der Waals surface area contributed by atoms with Gasteiger partial charge < -0.3 is 0 Å². The Morgan fingerprint density at radius 1 is 0.800 bits per heavy atom. The van der Waals surface area contributed by atoms with Gasteiger partial charge in [-0.1, -0.05) is 30.3 Å². The Morgan fingerprint density at radius 3 is 1.95 bits per heavy atom. The molecule has 2 aromatic rings. The fourth-order valence-electron chi connectivity index (χ4n) is 2.28. The molecule has 0 heterocycles. The van der Waals surface area contributed by atoms with E-state index in [9.17, 15) is 19.7 Å². The van der Waals surface area contributed by atoms with Gasteiger partial charge in [-0.15, -0.1) is 0 Å². The van der Waals surface area contributed by atoms with Crippen LogP contribution < -0.4 is 0 Å². The standard InChI is InChI=1S/C14H7NO4.Na/c16-13-8-4-1-2-5-9(8)14(17)12-10(13)6-3-7-11(12)15(18)19;/h1-7H;. The second-order valence-electron chi connectivity index (χ2n) is 4.16. The molecule has 0 bridgehead atoms. The van der Waals surface area contributed by atoms with Gasteiger partial charge in [0.1, 0.15) is 5.56 Å². The monoisotopic (exact) mass is 276 g/mol. The summed E-state index contributed by atoms with van der Waals surface area (Å²) in [4.78, 5) is 34.9. The van der Waals surface area contributed by atoms with Crippen molar-refractivity contribution in [2.24, 2.45) is 0 Å². The van der Waals surface area contributed by atoms with E-state index in [1.807, 2.05) is 0 Å². The van der Waals surface area contributed by atoms with Crippen molar-refractivity contribution in [2.75, 3.05) is 0 Å². The second-order valence-corrected chi connectivity index (χ2v) is 4.16. The molecule has 0 unspecified atom stereocenters. The summed E-state index contributed by atoms with van der Waals surface area (Å²) in [6.07, 6.45) is 0. The van der Waals surface area contributed by atoms with Gasteiger partial charge in [-0.05, 0) is 6.07 Å². The van der Waals surface area contributed by atoms with Crippen molar-refractivity contribution in [2.45, 2.75) is 0 Å². The molecule has 0 aromatic heterocycles. The van der Waals surface area contributed by atoms with Crippen LogP contribution in [0.4, 0.5) is 5.69 Å². The molecule has 0 amide bonds. The molecular formula is C14H7NNaO4. The van der Waals surface area contributed by atoms with E-state index in [4.69, 9.17) is 0 Å². The van der Waals surface area contributed by atoms with Gasteiger partial charge in [-0.25, -0.2) is 0 Å². The third-order valence-electron chi connectivity index (χ3n) is 3.13. The number of ketones is 2. The summed E-state index contributed by atoms with van der Waals surface area (Å²) in [7, 11) is 0. The number of nitro benzene ring substituents is 1. The third kappa shape index (κ3) is 2.00. The van der Waals surface area contributed by atoms with Crippen molar-refractivity contribution >= 4 is 46.8 Å². The molecule has 1 aliphatic carbocycles. The minimum atomic E-state index is -0.641. The summed E-state index contributed by atoms with van der Waals surface area (Å²) in [5.74, 6) is -0.827. The van der Waals surface area contributed by atoms with Crippen LogP contribution in [0.15, 0.2) is 42.5 Å². The number of fused-ring (bicyclic) bond motifs is 2. The van der Waals surface area contributed by atoms with E-state index < -0.39 is 10.7 Å². The van der Waals surface area contributed by atoms with Crippen molar-refractivity contribution in [1.29, 1.82) is 0 Å². The van der Waals surface area contributed by atoms with Gasteiger partial charge in [0.15, 0.2) is 5.78 Å². The Bertz CT molecular complexity index is 755. The SMILES string of the molecule is O=C1c2ccccc2C(=O)c2c1cccc2[N+](=O)[O-].[Na]. The van der Waals surface area contributed by atoms with Crippen LogP contribution in [0.5, 0.6) is 0 Å². The number of carbonyl (C=O) groups is 2. The zero-order chi connectivity index (χ0) is 13.6. The van der Waals surface area contributed by atoms with Crippen LogP contribution in [0.2, 0.25) is 0 Å². The summed E-state index contributed by atoms with van der Waals surface area (Å²) in [6, 6.07) is 10.4. The van der Waals surface area contributed by atoms with Crippen LogP contribution in [0.25, 0.3) is 0 Å². The molecule has 3 rings (SSSR count). The molecule has 0 N–H and O–H groups in total. The first-order valence-corrected chi connectivity index (χ1v) is 5.57. The van der Waals surface area contributed by atoms with Gasteiger partial charge in [-0.3, -0.25) is 19.7 Å². The zero-order valence-electron chi connectivity index (χ0n) is 10.6. The van der Waals surface area contributed by atoms with Crippen LogP contribution in [-0.4, -0.2) is 46.0 Å². The van der Waals surface area contributed by atoms with Gasteiger partial charge in [0.05, 0.1) is 4.92 Å². The Labute approximate surface area is 136 Å². The van der Waals surface area contributed by atoms with Gasteiger partial charge in [0.2, 0.25) is 5.78 Å². The average Bonchev–Trinajstić information content (AvgIpc) is 2.44. The summed E-state index contributed by atoms with van der Waals surface area (Å²) in [6.45, 7) is 0. The van der Waals surface area contributed by atoms with Gasteiger partial charge in [0, 0.05) is 52.3 Å². The number of nitro groups is 1. The fraction of sp³-hybridized carbons (Fsp3) is 0. The predicted octanol–water partition coefficient (Wildman–Crippen LogP) is 1.99. The van der Waals surface area contributed by atoms with Crippen molar-refractivity contribution in [3.8, 4) is 0 Å². The molecule has 2 aromatic carbocycles. The second kappa shape index (κ2) is 5.28. The number of carbonyl (C=O) groups excluding carboxylic acids is 2. The molecule has 6 heteroatoms. The predicted molar refractivity (Wildman–Crippen MR) is 72.2 cm³/mol. The van der Waals surface area contributed by atoms with Crippen LogP contribution in [0.3, 0.4) is 0 Å². The average molecular weight is 276 g/mol. The number of rotatable bonds is 1. The summed E-state index contributed by atoms with van der Waals surface area (Å²) in [5.41, 5.74) is 0.161. The van der Waals surface area contributed by atoms with Crippen molar-refractivity contribution in [3.63, 3.8) is 0 Å². The third-order valence-corrected chi connectivity index (χ3v) is 3.13. The Balaban J connectivity index is 0.00000147. The molecule has 93 valence electrons. The molecule has 1 radical (unpaired) electrons.